The molecular formula is C15H17F2NO. The topological polar surface area (TPSA) is 29.1 Å². The summed E-state index contributed by atoms with van der Waals surface area (Å²) in [5.74, 6) is -1.09. The molecule has 1 aliphatic heterocycles. The highest BCUT2D eigenvalue weighted by Gasteiger charge is 2.39. The zero-order valence-electron chi connectivity index (χ0n) is 10.7. The molecule has 2 fully saturated rings. The Kier molecular flexibility index (Phi) is 3.35. The van der Waals surface area contributed by atoms with E-state index in [1.807, 2.05) is 0 Å². The molecular weight excluding hydrogens is 248 g/mol. The molecule has 1 saturated heterocycles. The number of benzene rings is 1. The monoisotopic (exact) mass is 265 g/mol. The Morgan fingerprint density at radius 1 is 1.32 bits per heavy atom. The fourth-order valence-corrected chi connectivity index (χ4v) is 3.56. The summed E-state index contributed by atoms with van der Waals surface area (Å²) >= 11 is 0. The summed E-state index contributed by atoms with van der Waals surface area (Å²) in [6.45, 7) is 0.953. The molecule has 102 valence electrons. The average molecular weight is 265 g/mol. The fraction of sp³-hybridized carbons (Fsp3) is 0.533. The molecule has 1 aromatic carbocycles. The first-order chi connectivity index (χ1) is 9.16. The maximum atomic E-state index is 13.6. The number of ketones is 1. The molecule has 1 aromatic rings. The Morgan fingerprint density at radius 2 is 2.16 bits per heavy atom. The van der Waals surface area contributed by atoms with Gasteiger partial charge in [-0.25, -0.2) is 8.78 Å². The smallest absolute Gasteiger partial charge is 0.169 e. The van der Waals surface area contributed by atoms with Crippen LogP contribution in [0.5, 0.6) is 0 Å². The van der Waals surface area contributed by atoms with Crippen LogP contribution in [0.1, 0.15) is 36.0 Å². The van der Waals surface area contributed by atoms with Crippen LogP contribution in [-0.2, 0) is 0 Å². The molecule has 1 saturated carbocycles. The van der Waals surface area contributed by atoms with Crippen LogP contribution >= 0.6 is 0 Å². The minimum atomic E-state index is -1.02. The van der Waals surface area contributed by atoms with Crippen molar-refractivity contribution in [3.63, 3.8) is 0 Å². The Morgan fingerprint density at radius 3 is 3.00 bits per heavy atom. The van der Waals surface area contributed by atoms with E-state index in [9.17, 15) is 13.6 Å². The van der Waals surface area contributed by atoms with Gasteiger partial charge in [0.05, 0.1) is 5.56 Å². The molecule has 4 heteroatoms. The van der Waals surface area contributed by atoms with Crippen molar-refractivity contribution in [3.8, 4) is 0 Å². The first kappa shape index (κ1) is 12.7. The lowest BCUT2D eigenvalue weighted by atomic mass is 9.90. The predicted molar refractivity (Wildman–Crippen MR) is 67.9 cm³/mol. The molecule has 0 bridgehead atoms. The van der Waals surface area contributed by atoms with Crippen LogP contribution in [0, 0.1) is 23.5 Å². The molecule has 1 heterocycles. The zero-order valence-corrected chi connectivity index (χ0v) is 10.7. The highest BCUT2D eigenvalue weighted by atomic mass is 19.2. The number of carbonyl (C=O) groups excluding carboxylic acids is 1. The van der Waals surface area contributed by atoms with Gasteiger partial charge in [0.15, 0.2) is 17.4 Å². The molecule has 19 heavy (non-hydrogen) atoms. The van der Waals surface area contributed by atoms with Gasteiger partial charge in [0, 0.05) is 12.5 Å². The van der Waals surface area contributed by atoms with E-state index in [2.05, 4.69) is 5.32 Å². The average Bonchev–Trinajstić information content (AvgIpc) is 2.97. The lowest BCUT2D eigenvalue weighted by Crippen LogP contribution is -2.30. The van der Waals surface area contributed by atoms with Crippen LogP contribution in [-0.4, -0.2) is 18.4 Å². The second-order valence-electron chi connectivity index (χ2n) is 5.60. The second kappa shape index (κ2) is 5.00. The third-order valence-electron chi connectivity index (χ3n) is 4.53. The SMILES string of the molecule is O=C(CC1NCC2CCCC21)c1cccc(F)c1F. The molecule has 0 amide bonds. The molecule has 2 aliphatic rings. The van der Waals surface area contributed by atoms with Crippen molar-refractivity contribution in [2.24, 2.45) is 11.8 Å². The van der Waals surface area contributed by atoms with Crippen LogP contribution in [0.3, 0.4) is 0 Å². The van der Waals surface area contributed by atoms with E-state index in [-0.39, 0.29) is 23.8 Å². The predicted octanol–water partition coefficient (Wildman–Crippen LogP) is 2.93. The van der Waals surface area contributed by atoms with E-state index in [1.165, 1.54) is 25.0 Å². The number of hydrogen-bond donors (Lipinski definition) is 1. The van der Waals surface area contributed by atoms with Gasteiger partial charge >= 0.3 is 0 Å². The van der Waals surface area contributed by atoms with E-state index in [1.54, 1.807) is 0 Å². The number of hydrogen-bond acceptors (Lipinski definition) is 2. The molecule has 0 spiro atoms. The minimum absolute atomic E-state index is 0.122. The molecule has 3 atom stereocenters. The Balaban J connectivity index is 1.73. The van der Waals surface area contributed by atoms with Crippen LogP contribution in [0.15, 0.2) is 18.2 Å². The van der Waals surface area contributed by atoms with Crippen molar-refractivity contribution >= 4 is 5.78 Å². The Bertz CT molecular complexity index is 503. The summed E-state index contributed by atoms with van der Waals surface area (Å²) in [5, 5.41) is 3.36. The number of rotatable bonds is 3. The summed E-state index contributed by atoms with van der Waals surface area (Å²) in [5.41, 5.74) is -0.122. The maximum Gasteiger partial charge on any atom is 0.169 e. The highest BCUT2D eigenvalue weighted by molar-refractivity contribution is 5.96. The Hall–Kier alpha value is -1.29. The van der Waals surface area contributed by atoms with E-state index >= 15 is 0 Å². The maximum absolute atomic E-state index is 13.6. The summed E-state index contributed by atoms with van der Waals surface area (Å²) in [6, 6.07) is 3.91. The van der Waals surface area contributed by atoms with Crippen molar-refractivity contribution in [1.82, 2.24) is 5.32 Å². The third kappa shape index (κ3) is 2.29. The van der Waals surface area contributed by atoms with Gasteiger partial charge in [0.1, 0.15) is 0 Å². The standard InChI is InChI=1S/C15H17F2NO/c16-12-6-2-5-11(15(12)17)14(19)7-13-10-4-1-3-9(10)8-18-13/h2,5-6,9-10,13,18H,1,3-4,7-8H2. The first-order valence-electron chi connectivity index (χ1n) is 6.87. The van der Waals surface area contributed by atoms with Gasteiger partial charge in [-0.2, -0.15) is 0 Å². The van der Waals surface area contributed by atoms with Crippen molar-refractivity contribution in [2.75, 3.05) is 6.54 Å². The molecule has 0 radical (unpaired) electrons. The van der Waals surface area contributed by atoms with Gasteiger partial charge < -0.3 is 5.32 Å². The second-order valence-corrected chi connectivity index (χ2v) is 5.60. The quantitative estimate of drug-likeness (QED) is 0.851. The molecule has 1 N–H and O–H groups in total. The van der Waals surface area contributed by atoms with Crippen LogP contribution < -0.4 is 5.32 Å². The summed E-state index contributed by atoms with van der Waals surface area (Å²) in [7, 11) is 0. The van der Waals surface area contributed by atoms with Crippen LogP contribution in [0.25, 0.3) is 0 Å². The largest absolute Gasteiger partial charge is 0.313 e. The van der Waals surface area contributed by atoms with Gasteiger partial charge in [0.25, 0.3) is 0 Å². The van der Waals surface area contributed by atoms with Crippen molar-refractivity contribution in [3.05, 3.63) is 35.4 Å². The summed E-state index contributed by atoms with van der Waals surface area (Å²) in [6.07, 6.45) is 3.84. The van der Waals surface area contributed by atoms with Crippen LogP contribution in [0.4, 0.5) is 8.78 Å². The molecule has 3 rings (SSSR count). The van der Waals surface area contributed by atoms with Crippen molar-refractivity contribution < 1.29 is 13.6 Å². The summed E-state index contributed by atoms with van der Waals surface area (Å²) < 4.78 is 26.7. The third-order valence-corrected chi connectivity index (χ3v) is 4.53. The number of carbonyl (C=O) groups is 1. The van der Waals surface area contributed by atoms with E-state index in [0.29, 0.717) is 11.8 Å². The fourth-order valence-electron chi connectivity index (χ4n) is 3.56. The van der Waals surface area contributed by atoms with Gasteiger partial charge in [-0.1, -0.05) is 12.5 Å². The first-order valence-corrected chi connectivity index (χ1v) is 6.87. The number of halogens is 2. The van der Waals surface area contributed by atoms with Gasteiger partial charge in [-0.3, -0.25) is 4.79 Å². The van der Waals surface area contributed by atoms with Gasteiger partial charge in [-0.05, 0) is 43.4 Å². The normalized spacial score (nSPS) is 29.5. The van der Waals surface area contributed by atoms with E-state index in [0.717, 1.165) is 19.0 Å². The van der Waals surface area contributed by atoms with E-state index in [4.69, 9.17) is 0 Å². The van der Waals surface area contributed by atoms with Crippen molar-refractivity contribution in [2.45, 2.75) is 31.7 Å². The Labute approximate surface area is 111 Å². The van der Waals surface area contributed by atoms with Crippen LogP contribution in [0.2, 0.25) is 0 Å². The molecule has 0 aromatic heterocycles. The van der Waals surface area contributed by atoms with Gasteiger partial charge in [-0.15, -0.1) is 0 Å². The lowest BCUT2D eigenvalue weighted by molar-refractivity contribution is 0.0958. The highest BCUT2D eigenvalue weighted by Crippen LogP contribution is 2.39. The number of nitrogens with one attached hydrogen (secondary N) is 1. The minimum Gasteiger partial charge on any atom is -0.313 e. The lowest BCUT2D eigenvalue weighted by Gasteiger charge is -2.17. The molecule has 3 unspecified atom stereocenters. The zero-order chi connectivity index (χ0) is 13.4. The summed E-state index contributed by atoms with van der Waals surface area (Å²) in [4.78, 5) is 12.1. The number of Topliss-reactive ketones (excluding diaryl/α,β-unsaturated/α-hetero) is 1. The van der Waals surface area contributed by atoms with Crippen molar-refractivity contribution in [1.29, 1.82) is 0 Å². The molecule has 2 nitrogen and oxygen atoms in total. The molecule has 1 aliphatic carbocycles. The number of fused-ring (bicyclic) bond motifs is 1. The van der Waals surface area contributed by atoms with Gasteiger partial charge in [0.2, 0.25) is 0 Å². The van der Waals surface area contributed by atoms with E-state index < -0.39 is 11.6 Å².